The molecule has 9 heteroatoms. The Kier molecular flexibility index (Phi) is 3.17. The minimum Gasteiger partial charge on any atom is -0.354 e. The smallest absolute Gasteiger partial charge is 0.354 e. The van der Waals surface area contributed by atoms with Crippen molar-refractivity contribution in [1.82, 2.24) is 10.1 Å². The summed E-state index contributed by atoms with van der Waals surface area (Å²) in [6, 6.07) is 1.65. The monoisotopic (exact) mass is 262 g/mol. The highest BCUT2D eigenvalue weighted by Crippen LogP contribution is 2.38. The zero-order chi connectivity index (χ0) is 11.6. The lowest BCUT2D eigenvalue weighted by atomic mass is 10.5. The molecule has 16 heavy (non-hydrogen) atoms. The van der Waals surface area contributed by atoms with Crippen molar-refractivity contribution < 1.29 is 23.4 Å². The molecule has 0 amide bonds. The second-order valence-corrected chi connectivity index (χ2v) is 5.13. The lowest BCUT2D eigenvalue weighted by Gasteiger charge is -2.01. The van der Waals surface area contributed by atoms with Gasteiger partial charge in [-0.25, -0.2) is 9.55 Å². The molecule has 2 rings (SSSR count). The third-order valence-electron chi connectivity index (χ3n) is 1.58. The molecule has 0 aliphatic rings. The molecule has 0 bridgehead atoms. The molecule has 0 spiro atoms. The fraction of sp³-hybridized carbons (Fsp3) is 0.143. The molecule has 0 aliphatic carbocycles. The largest absolute Gasteiger partial charge is 0.469 e. The molecular weight excluding hydrogens is 255 g/mol. The Balaban J connectivity index is 2.06. The average molecular weight is 262 g/mol. The first kappa shape index (κ1) is 11.4. The topological polar surface area (TPSA) is 106 Å². The number of nitrogens with zero attached hydrogens (tertiary/aromatic N) is 2. The predicted octanol–water partition coefficient (Wildman–Crippen LogP) is 1.41. The Morgan fingerprint density at radius 2 is 2.38 bits per heavy atom. The number of thiazole rings is 1. The van der Waals surface area contributed by atoms with E-state index < -0.39 is 7.82 Å². The van der Waals surface area contributed by atoms with Crippen molar-refractivity contribution in [3.63, 3.8) is 0 Å². The van der Waals surface area contributed by atoms with E-state index in [0.717, 1.165) is 0 Å². The van der Waals surface area contributed by atoms with Crippen molar-refractivity contribution >= 4 is 19.2 Å². The van der Waals surface area contributed by atoms with E-state index in [1.807, 2.05) is 0 Å². The number of rotatable bonds is 4. The van der Waals surface area contributed by atoms with Crippen molar-refractivity contribution in [3.8, 4) is 10.8 Å². The first-order chi connectivity index (χ1) is 7.54. The highest BCUT2D eigenvalue weighted by atomic mass is 32.1. The molecule has 7 nitrogen and oxygen atoms in total. The molecule has 0 aromatic carbocycles. The standard InChI is InChI=1S/C7H7N2O5PS/c10-15(11,12)13-4-5-3-8-7(16-5)6-1-2-9-14-6/h1-3H,4H2,(H2,10,11,12). The summed E-state index contributed by atoms with van der Waals surface area (Å²) < 4.78 is 19.7. The maximum atomic E-state index is 10.5. The van der Waals surface area contributed by atoms with Gasteiger partial charge in [0.25, 0.3) is 0 Å². The Morgan fingerprint density at radius 3 is 3.00 bits per heavy atom. The molecule has 0 unspecified atom stereocenters. The SMILES string of the molecule is O=P(O)(O)OCc1cnc(-c2ccno2)s1. The van der Waals surface area contributed by atoms with Crippen molar-refractivity contribution in [1.29, 1.82) is 0 Å². The summed E-state index contributed by atoms with van der Waals surface area (Å²) in [6.07, 6.45) is 2.96. The first-order valence-corrected chi connectivity index (χ1v) is 6.45. The van der Waals surface area contributed by atoms with Crippen LogP contribution in [0.3, 0.4) is 0 Å². The summed E-state index contributed by atoms with van der Waals surface area (Å²) in [4.78, 5) is 21.6. The van der Waals surface area contributed by atoms with E-state index in [-0.39, 0.29) is 6.61 Å². The Bertz CT molecular complexity index is 505. The number of phosphoric ester groups is 1. The van der Waals surface area contributed by atoms with Crippen LogP contribution in [-0.4, -0.2) is 19.9 Å². The van der Waals surface area contributed by atoms with Gasteiger partial charge < -0.3 is 14.3 Å². The third kappa shape index (κ3) is 2.97. The molecule has 2 aromatic rings. The zero-order valence-corrected chi connectivity index (χ0v) is 9.52. The van der Waals surface area contributed by atoms with Crippen LogP contribution >= 0.6 is 19.2 Å². The number of phosphoric acid groups is 1. The fourth-order valence-electron chi connectivity index (χ4n) is 0.962. The molecule has 0 fully saturated rings. The van der Waals surface area contributed by atoms with Crippen LogP contribution in [0.2, 0.25) is 0 Å². The van der Waals surface area contributed by atoms with Gasteiger partial charge in [0.15, 0.2) is 10.8 Å². The number of aromatic nitrogens is 2. The molecule has 2 heterocycles. The molecule has 0 radical (unpaired) electrons. The Hall–Kier alpha value is -1.05. The summed E-state index contributed by atoms with van der Waals surface area (Å²) in [6.45, 7) is -0.184. The van der Waals surface area contributed by atoms with Gasteiger partial charge in [-0.15, -0.1) is 11.3 Å². The Labute approximate surface area is 93.9 Å². The quantitative estimate of drug-likeness (QED) is 0.802. The van der Waals surface area contributed by atoms with Gasteiger partial charge in [0.05, 0.1) is 17.7 Å². The molecular formula is C7H7N2O5PS. The van der Waals surface area contributed by atoms with E-state index in [9.17, 15) is 4.57 Å². The number of hydrogen-bond donors (Lipinski definition) is 2. The first-order valence-electron chi connectivity index (χ1n) is 4.10. The maximum Gasteiger partial charge on any atom is 0.469 e. The van der Waals surface area contributed by atoms with Crippen molar-refractivity contribution in [2.45, 2.75) is 6.61 Å². The summed E-state index contributed by atoms with van der Waals surface area (Å²) in [7, 11) is -4.44. The molecule has 2 aromatic heterocycles. The summed E-state index contributed by atoms with van der Waals surface area (Å²) in [5, 5.41) is 4.11. The van der Waals surface area contributed by atoms with Crippen molar-refractivity contribution in [2.24, 2.45) is 0 Å². The van der Waals surface area contributed by atoms with Crippen LogP contribution in [0.25, 0.3) is 10.8 Å². The van der Waals surface area contributed by atoms with Crippen molar-refractivity contribution in [2.75, 3.05) is 0 Å². The van der Waals surface area contributed by atoms with E-state index in [4.69, 9.17) is 14.3 Å². The van der Waals surface area contributed by atoms with Gasteiger partial charge in [-0.1, -0.05) is 5.16 Å². The van der Waals surface area contributed by atoms with Gasteiger partial charge in [-0.2, -0.15) is 0 Å². The highest BCUT2D eigenvalue weighted by molar-refractivity contribution is 7.46. The van der Waals surface area contributed by atoms with E-state index in [1.165, 1.54) is 23.7 Å². The predicted molar refractivity (Wildman–Crippen MR) is 54.4 cm³/mol. The average Bonchev–Trinajstić information content (AvgIpc) is 2.84. The molecule has 0 aliphatic heterocycles. The van der Waals surface area contributed by atoms with Gasteiger partial charge in [0, 0.05) is 12.3 Å². The van der Waals surface area contributed by atoms with E-state index in [2.05, 4.69) is 14.7 Å². The molecule has 0 saturated carbocycles. The molecule has 86 valence electrons. The minimum atomic E-state index is -4.44. The second kappa shape index (κ2) is 4.44. The van der Waals surface area contributed by atoms with E-state index in [0.29, 0.717) is 15.6 Å². The van der Waals surface area contributed by atoms with Crippen LogP contribution < -0.4 is 0 Å². The number of hydrogen-bond acceptors (Lipinski definition) is 6. The van der Waals surface area contributed by atoms with Crippen molar-refractivity contribution in [3.05, 3.63) is 23.3 Å². The summed E-state index contributed by atoms with van der Waals surface area (Å²) >= 11 is 1.22. The molecule has 0 saturated heterocycles. The second-order valence-electron chi connectivity index (χ2n) is 2.77. The third-order valence-corrected chi connectivity index (χ3v) is 3.03. The maximum absolute atomic E-state index is 10.5. The fourth-order valence-corrected chi connectivity index (χ4v) is 2.14. The van der Waals surface area contributed by atoms with E-state index >= 15 is 0 Å². The normalized spacial score (nSPS) is 11.9. The van der Waals surface area contributed by atoms with Crippen LogP contribution in [0.4, 0.5) is 0 Å². The lowest BCUT2D eigenvalue weighted by Crippen LogP contribution is -1.87. The van der Waals surface area contributed by atoms with Gasteiger partial charge in [-0.3, -0.25) is 4.52 Å². The Morgan fingerprint density at radius 1 is 1.56 bits per heavy atom. The lowest BCUT2D eigenvalue weighted by molar-refractivity contribution is 0.190. The molecule has 0 atom stereocenters. The van der Waals surface area contributed by atoms with Crippen LogP contribution in [-0.2, 0) is 15.7 Å². The van der Waals surface area contributed by atoms with Gasteiger partial charge in [0.1, 0.15) is 0 Å². The van der Waals surface area contributed by atoms with Gasteiger partial charge >= 0.3 is 7.82 Å². The van der Waals surface area contributed by atoms with E-state index in [1.54, 1.807) is 6.07 Å². The van der Waals surface area contributed by atoms with Crippen LogP contribution in [0.5, 0.6) is 0 Å². The van der Waals surface area contributed by atoms with Crippen LogP contribution in [0, 0.1) is 0 Å². The zero-order valence-electron chi connectivity index (χ0n) is 7.81. The highest BCUT2D eigenvalue weighted by Gasteiger charge is 2.15. The van der Waals surface area contributed by atoms with Gasteiger partial charge in [0.2, 0.25) is 0 Å². The summed E-state index contributed by atoms with van der Waals surface area (Å²) in [5.74, 6) is 0.507. The summed E-state index contributed by atoms with van der Waals surface area (Å²) in [5.41, 5.74) is 0. The van der Waals surface area contributed by atoms with Crippen LogP contribution in [0.1, 0.15) is 4.88 Å². The molecule has 2 N–H and O–H groups in total. The van der Waals surface area contributed by atoms with Gasteiger partial charge in [-0.05, 0) is 0 Å². The minimum absolute atomic E-state index is 0.184. The van der Waals surface area contributed by atoms with Crippen LogP contribution in [0.15, 0.2) is 23.0 Å².